The van der Waals surface area contributed by atoms with Gasteiger partial charge in [0, 0.05) is 23.1 Å². The van der Waals surface area contributed by atoms with Crippen molar-refractivity contribution < 1.29 is 13.2 Å². The molecule has 2 rings (SSSR count). The summed E-state index contributed by atoms with van der Waals surface area (Å²) in [6.45, 7) is 6.13. The maximum Gasteiger partial charge on any atom is 0.243 e. The molecule has 0 aliphatic heterocycles. The molecule has 0 heterocycles. The fourth-order valence-electron chi connectivity index (χ4n) is 2.40. The van der Waals surface area contributed by atoms with Gasteiger partial charge >= 0.3 is 0 Å². The van der Waals surface area contributed by atoms with E-state index in [1.54, 1.807) is 24.3 Å². The maximum absolute atomic E-state index is 13.1. The van der Waals surface area contributed by atoms with Crippen LogP contribution in [0.2, 0.25) is 10.0 Å². The van der Waals surface area contributed by atoms with E-state index in [9.17, 15) is 13.2 Å². The lowest BCUT2D eigenvalue weighted by atomic mass is 9.97. The molecule has 1 amide bonds. The predicted octanol–water partition coefficient (Wildman–Crippen LogP) is 4.35. The first kappa shape index (κ1) is 22.7. The van der Waals surface area contributed by atoms with Crippen molar-refractivity contribution in [3.05, 3.63) is 64.1 Å². The molecule has 1 N–H and O–H groups in total. The van der Waals surface area contributed by atoms with Gasteiger partial charge in [-0.3, -0.25) is 4.79 Å². The van der Waals surface area contributed by atoms with Gasteiger partial charge in [0.2, 0.25) is 15.9 Å². The molecule has 0 aliphatic carbocycles. The minimum absolute atomic E-state index is 0.0223. The number of sulfonamides is 1. The predicted molar refractivity (Wildman–Crippen MR) is 113 cm³/mol. The highest BCUT2D eigenvalue weighted by atomic mass is 35.5. The normalized spacial score (nSPS) is 12.2. The van der Waals surface area contributed by atoms with Crippen LogP contribution >= 0.6 is 23.2 Å². The van der Waals surface area contributed by atoms with Gasteiger partial charge < -0.3 is 5.32 Å². The van der Waals surface area contributed by atoms with E-state index < -0.39 is 10.0 Å². The van der Waals surface area contributed by atoms with Crippen molar-refractivity contribution in [2.45, 2.75) is 32.2 Å². The Bertz CT molecular complexity index is 923. The lowest BCUT2D eigenvalue weighted by Crippen LogP contribution is -2.42. The van der Waals surface area contributed by atoms with Crippen LogP contribution in [0.1, 0.15) is 26.3 Å². The largest absolute Gasteiger partial charge is 0.354 e. The Labute approximate surface area is 176 Å². The highest BCUT2D eigenvalue weighted by molar-refractivity contribution is 7.89. The Balaban J connectivity index is 2.29. The third kappa shape index (κ3) is 6.78. The number of nitrogens with one attached hydrogen (secondary N) is 1. The first-order valence-electron chi connectivity index (χ1n) is 8.74. The van der Waals surface area contributed by atoms with Gasteiger partial charge in [0.05, 0.1) is 11.4 Å². The SMILES string of the molecule is CC(C)(C)CNC(=O)CN(Cc1cccc(Cl)c1)S(=O)(=O)c1ccc(Cl)cc1. The van der Waals surface area contributed by atoms with Crippen molar-refractivity contribution >= 4 is 39.1 Å². The van der Waals surface area contributed by atoms with Crippen molar-refractivity contribution in [3.8, 4) is 0 Å². The fraction of sp³-hybridized carbons (Fsp3) is 0.350. The van der Waals surface area contributed by atoms with E-state index in [2.05, 4.69) is 5.32 Å². The molecule has 0 saturated heterocycles. The molecule has 0 aromatic heterocycles. The summed E-state index contributed by atoms with van der Waals surface area (Å²) in [6.07, 6.45) is 0. The van der Waals surface area contributed by atoms with Crippen molar-refractivity contribution in [1.29, 1.82) is 0 Å². The molecule has 0 radical (unpaired) electrons. The topological polar surface area (TPSA) is 66.5 Å². The molecule has 0 saturated carbocycles. The number of rotatable bonds is 7. The molecule has 0 fully saturated rings. The van der Waals surface area contributed by atoms with Gasteiger partial charge in [-0.1, -0.05) is 56.1 Å². The van der Waals surface area contributed by atoms with Crippen molar-refractivity contribution in [1.82, 2.24) is 9.62 Å². The number of carbonyl (C=O) groups is 1. The van der Waals surface area contributed by atoms with Gasteiger partial charge in [-0.2, -0.15) is 4.31 Å². The average Bonchev–Trinajstić information content (AvgIpc) is 2.59. The zero-order valence-electron chi connectivity index (χ0n) is 16.1. The standard InChI is InChI=1S/C20H24Cl2N2O3S/c1-20(2,3)14-23-19(25)13-24(12-15-5-4-6-17(22)11-15)28(26,27)18-9-7-16(21)8-10-18/h4-11H,12-14H2,1-3H3,(H,23,25). The van der Waals surface area contributed by atoms with Crippen LogP contribution < -0.4 is 5.32 Å². The second-order valence-corrected chi connectivity index (χ2v) is 10.5. The quantitative estimate of drug-likeness (QED) is 0.692. The van der Waals surface area contributed by atoms with Crippen LogP contribution in [0.25, 0.3) is 0 Å². The van der Waals surface area contributed by atoms with Gasteiger partial charge in [0.25, 0.3) is 0 Å². The molecule has 8 heteroatoms. The summed E-state index contributed by atoms with van der Waals surface area (Å²) in [7, 11) is -3.91. The van der Waals surface area contributed by atoms with E-state index in [4.69, 9.17) is 23.2 Å². The molecule has 0 bridgehead atoms. The summed E-state index contributed by atoms with van der Waals surface area (Å²) in [5.74, 6) is -0.366. The molecule has 0 atom stereocenters. The monoisotopic (exact) mass is 442 g/mol. The van der Waals surface area contributed by atoms with E-state index in [1.165, 1.54) is 24.3 Å². The molecular weight excluding hydrogens is 419 g/mol. The van der Waals surface area contributed by atoms with Gasteiger partial charge in [-0.05, 0) is 47.4 Å². The Kier molecular flexibility index (Phi) is 7.51. The van der Waals surface area contributed by atoms with E-state index in [0.29, 0.717) is 22.2 Å². The maximum atomic E-state index is 13.1. The number of benzene rings is 2. The minimum atomic E-state index is -3.91. The van der Waals surface area contributed by atoms with Crippen LogP contribution in [0, 0.1) is 5.41 Å². The summed E-state index contributed by atoms with van der Waals surface area (Å²) < 4.78 is 27.4. The van der Waals surface area contributed by atoms with E-state index in [-0.39, 0.29) is 29.3 Å². The van der Waals surface area contributed by atoms with Crippen LogP contribution in [0.4, 0.5) is 0 Å². The average molecular weight is 443 g/mol. The molecular formula is C20H24Cl2N2O3S. The second kappa shape index (κ2) is 9.27. The first-order chi connectivity index (χ1) is 13.0. The zero-order chi connectivity index (χ0) is 20.9. The Morgan fingerprint density at radius 3 is 2.25 bits per heavy atom. The third-order valence-corrected chi connectivity index (χ3v) is 6.13. The Morgan fingerprint density at radius 2 is 1.68 bits per heavy atom. The van der Waals surface area contributed by atoms with Gasteiger partial charge in [0.15, 0.2) is 0 Å². The number of halogens is 2. The smallest absolute Gasteiger partial charge is 0.243 e. The summed E-state index contributed by atoms with van der Waals surface area (Å²) in [6, 6.07) is 12.8. The van der Waals surface area contributed by atoms with E-state index >= 15 is 0 Å². The molecule has 2 aromatic rings. The first-order valence-corrected chi connectivity index (χ1v) is 10.9. The van der Waals surface area contributed by atoms with Crippen molar-refractivity contribution in [2.75, 3.05) is 13.1 Å². The minimum Gasteiger partial charge on any atom is -0.354 e. The summed E-state index contributed by atoms with van der Waals surface area (Å²) in [5.41, 5.74) is 0.580. The highest BCUT2D eigenvalue weighted by Gasteiger charge is 2.27. The molecule has 0 spiro atoms. The van der Waals surface area contributed by atoms with E-state index in [1.807, 2.05) is 20.8 Å². The van der Waals surface area contributed by atoms with Crippen molar-refractivity contribution in [3.63, 3.8) is 0 Å². The third-order valence-electron chi connectivity index (χ3n) is 3.84. The second-order valence-electron chi connectivity index (χ2n) is 7.69. The number of nitrogens with zero attached hydrogens (tertiary/aromatic N) is 1. The van der Waals surface area contributed by atoms with Crippen LogP contribution in [-0.2, 0) is 21.4 Å². The number of carbonyl (C=O) groups excluding carboxylic acids is 1. The molecule has 28 heavy (non-hydrogen) atoms. The Hall–Kier alpha value is -1.60. The molecule has 0 unspecified atom stereocenters. The summed E-state index contributed by atoms with van der Waals surface area (Å²) >= 11 is 11.9. The number of hydrogen-bond donors (Lipinski definition) is 1. The van der Waals surface area contributed by atoms with Crippen LogP contribution in [-0.4, -0.2) is 31.7 Å². The molecule has 0 aliphatic rings. The van der Waals surface area contributed by atoms with Crippen LogP contribution in [0.3, 0.4) is 0 Å². The summed E-state index contributed by atoms with van der Waals surface area (Å²) in [4.78, 5) is 12.5. The van der Waals surface area contributed by atoms with Crippen LogP contribution in [0.5, 0.6) is 0 Å². The Morgan fingerprint density at radius 1 is 1.04 bits per heavy atom. The fourth-order valence-corrected chi connectivity index (χ4v) is 4.12. The van der Waals surface area contributed by atoms with Crippen molar-refractivity contribution in [2.24, 2.45) is 5.41 Å². The number of amides is 1. The zero-order valence-corrected chi connectivity index (χ0v) is 18.4. The molecule has 152 valence electrons. The van der Waals surface area contributed by atoms with Gasteiger partial charge in [-0.25, -0.2) is 8.42 Å². The van der Waals surface area contributed by atoms with E-state index in [0.717, 1.165) is 4.31 Å². The highest BCUT2D eigenvalue weighted by Crippen LogP contribution is 2.21. The number of hydrogen-bond acceptors (Lipinski definition) is 3. The van der Waals surface area contributed by atoms with Gasteiger partial charge in [-0.15, -0.1) is 0 Å². The lowest BCUT2D eigenvalue weighted by molar-refractivity contribution is -0.121. The van der Waals surface area contributed by atoms with Crippen LogP contribution in [0.15, 0.2) is 53.4 Å². The van der Waals surface area contributed by atoms with Gasteiger partial charge in [0.1, 0.15) is 0 Å². The molecule has 5 nitrogen and oxygen atoms in total. The molecule has 2 aromatic carbocycles. The summed E-state index contributed by atoms with van der Waals surface area (Å²) in [5, 5.41) is 3.72. The lowest BCUT2D eigenvalue weighted by Gasteiger charge is -2.24.